The zero-order chi connectivity index (χ0) is 32.5. The standard InChI is InChI=1S/2C14H26O7.Zn/c2*1-10(7-18-4)19-8-11(2)20-9-12(3)21-14(17)6-5-13(15)16;/h2*10-12H,5-9H2,1-4H3,(H,15,16);/q;;+2/p-2. The monoisotopic (exact) mass is 674 g/mol. The molecule has 6 unspecified atom stereocenters. The fraction of sp³-hybridized carbons (Fsp3) is 0.857. The Morgan fingerprint density at radius 3 is 0.977 bits per heavy atom. The van der Waals surface area contributed by atoms with Gasteiger partial charge >= 0.3 is 31.4 Å². The fourth-order valence-electron chi connectivity index (χ4n) is 2.90. The van der Waals surface area contributed by atoms with Gasteiger partial charge in [0.25, 0.3) is 0 Å². The molecule has 0 spiro atoms. The maximum atomic E-state index is 11.3. The Labute approximate surface area is 268 Å². The van der Waals surface area contributed by atoms with Gasteiger partial charge in [-0.2, -0.15) is 0 Å². The molecule has 0 aromatic rings. The molecule has 0 aliphatic heterocycles. The molecule has 43 heavy (non-hydrogen) atoms. The van der Waals surface area contributed by atoms with Crippen molar-refractivity contribution in [2.75, 3.05) is 53.9 Å². The van der Waals surface area contributed by atoms with Crippen LogP contribution in [-0.2, 0) is 76.6 Å². The third-order valence-corrected chi connectivity index (χ3v) is 5.00. The molecule has 0 N–H and O–H groups in total. The molecule has 0 saturated heterocycles. The minimum atomic E-state index is -1.27. The second-order valence-corrected chi connectivity index (χ2v) is 9.83. The fourth-order valence-corrected chi connectivity index (χ4v) is 2.90. The van der Waals surface area contributed by atoms with E-state index in [4.69, 9.17) is 37.9 Å². The Balaban J connectivity index is -0.000000727. The van der Waals surface area contributed by atoms with Crippen LogP contribution < -0.4 is 10.2 Å². The molecule has 0 amide bonds. The first-order valence-electron chi connectivity index (χ1n) is 13.9. The van der Waals surface area contributed by atoms with Gasteiger partial charge in [-0.25, -0.2) is 0 Å². The summed E-state index contributed by atoms with van der Waals surface area (Å²) in [6, 6.07) is 0. The summed E-state index contributed by atoms with van der Waals surface area (Å²) in [6.07, 6.45) is -2.28. The minimum Gasteiger partial charge on any atom is -0.550 e. The summed E-state index contributed by atoms with van der Waals surface area (Å²) >= 11 is 0. The van der Waals surface area contributed by atoms with E-state index in [2.05, 4.69) is 0 Å². The zero-order valence-corrected chi connectivity index (χ0v) is 29.9. The molecule has 14 nitrogen and oxygen atoms in total. The number of rotatable bonds is 24. The van der Waals surface area contributed by atoms with Gasteiger partial charge in [0, 0.05) is 26.2 Å². The number of carbonyl (C=O) groups excluding carboxylic acids is 4. The van der Waals surface area contributed by atoms with Crippen molar-refractivity contribution in [1.29, 1.82) is 0 Å². The van der Waals surface area contributed by atoms with E-state index in [0.717, 1.165) is 0 Å². The van der Waals surface area contributed by atoms with Crippen molar-refractivity contribution in [2.24, 2.45) is 0 Å². The molecule has 0 aromatic heterocycles. The van der Waals surface area contributed by atoms with E-state index < -0.39 is 36.1 Å². The Hall–Kier alpha value is -1.74. The SMILES string of the molecule is COCC(C)OCC(C)OCC(C)OC(=O)CCC(=O)[O-].COCC(C)OCC(C)OCC(C)OC(=O)CCC(=O)[O-].[Zn+2]. The van der Waals surface area contributed by atoms with E-state index in [-0.39, 0.29) is 82.8 Å². The number of carbonyl (C=O) groups is 4. The summed E-state index contributed by atoms with van der Waals surface area (Å²) in [4.78, 5) is 43.0. The van der Waals surface area contributed by atoms with Gasteiger partial charge in [0.1, 0.15) is 12.2 Å². The second kappa shape index (κ2) is 29.0. The summed E-state index contributed by atoms with van der Waals surface area (Å²) < 4.78 is 41.9. The maximum Gasteiger partial charge on any atom is 2.00 e. The number of methoxy groups -OCH3 is 2. The number of hydrogen-bond donors (Lipinski definition) is 0. The number of esters is 2. The van der Waals surface area contributed by atoms with Gasteiger partial charge in [0.2, 0.25) is 0 Å². The van der Waals surface area contributed by atoms with Crippen LogP contribution in [0.15, 0.2) is 0 Å². The number of carboxylic acids is 2. The summed E-state index contributed by atoms with van der Waals surface area (Å²) in [5.41, 5.74) is 0. The van der Waals surface area contributed by atoms with Crippen molar-refractivity contribution in [3.05, 3.63) is 0 Å². The third kappa shape index (κ3) is 33.0. The van der Waals surface area contributed by atoms with E-state index in [1.54, 1.807) is 28.1 Å². The van der Waals surface area contributed by atoms with Crippen LogP contribution in [0.2, 0.25) is 0 Å². The van der Waals surface area contributed by atoms with Crippen LogP contribution in [0.5, 0.6) is 0 Å². The summed E-state index contributed by atoms with van der Waals surface area (Å²) in [5.74, 6) is -3.69. The normalized spacial score (nSPS) is 14.9. The van der Waals surface area contributed by atoms with Crippen molar-refractivity contribution in [3.8, 4) is 0 Å². The Morgan fingerprint density at radius 2 is 0.721 bits per heavy atom. The van der Waals surface area contributed by atoms with Gasteiger partial charge in [-0.3, -0.25) is 9.59 Å². The minimum absolute atomic E-state index is 0. The predicted molar refractivity (Wildman–Crippen MR) is 145 cm³/mol. The quantitative estimate of drug-likeness (QED) is 0.0967. The molecule has 15 heteroatoms. The number of ether oxygens (including phenoxy) is 8. The molecule has 0 rings (SSSR count). The van der Waals surface area contributed by atoms with Gasteiger partial charge in [-0.15, -0.1) is 0 Å². The topological polar surface area (TPSA) is 188 Å². The van der Waals surface area contributed by atoms with Crippen LogP contribution in [0.25, 0.3) is 0 Å². The summed E-state index contributed by atoms with van der Waals surface area (Å²) in [6.45, 7) is 13.2. The molecular weight excluding hydrogens is 626 g/mol. The average Bonchev–Trinajstić information content (AvgIpc) is 2.91. The second-order valence-electron chi connectivity index (χ2n) is 9.83. The maximum absolute atomic E-state index is 11.3. The number of aliphatic carboxylic acids is 2. The average molecular weight is 676 g/mol. The molecule has 0 fully saturated rings. The molecule has 0 saturated carbocycles. The molecule has 0 heterocycles. The number of carboxylic acid groups (broad SMARTS) is 2. The van der Waals surface area contributed by atoms with Gasteiger partial charge < -0.3 is 57.7 Å². The summed E-state index contributed by atoms with van der Waals surface area (Å²) in [5, 5.41) is 20.4. The van der Waals surface area contributed by atoms with E-state index in [9.17, 15) is 29.4 Å². The third-order valence-electron chi connectivity index (χ3n) is 5.00. The van der Waals surface area contributed by atoms with Crippen LogP contribution in [-0.4, -0.2) is 114 Å². The van der Waals surface area contributed by atoms with Crippen molar-refractivity contribution >= 4 is 23.9 Å². The van der Waals surface area contributed by atoms with E-state index in [1.807, 2.05) is 27.7 Å². The molecule has 6 atom stereocenters. The molecule has 0 bridgehead atoms. The molecular formula is C28H50O14Zn. The van der Waals surface area contributed by atoms with Crippen LogP contribution in [0.3, 0.4) is 0 Å². The predicted octanol–water partition coefficient (Wildman–Crippen LogP) is -0.193. The molecule has 248 valence electrons. The largest absolute Gasteiger partial charge is 2.00 e. The molecule has 0 aliphatic carbocycles. The van der Waals surface area contributed by atoms with Gasteiger partial charge in [0.15, 0.2) is 0 Å². The van der Waals surface area contributed by atoms with Crippen molar-refractivity contribution in [3.63, 3.8) is 0 Å². The molecule has 0 aromatic carbocycles. The zero-order valence-electron chi connectivity index (χ0n) is 27.0. The van der Waals surface area contributed by atoms with Gasteiger partial charge in [-0.1, -0.05) is 0 Å². The Kier molecular flexibility index (Phi) is 30.8. The van der Waals surface area contributed by atoms with E-state index in [0.29, 0.717) is 26.4 Å². The van der Waals surface area contributed by atoms with Crippen molar-refractivity contribution < 1.29 is 86.8 Å². The van der Waals surface area contributed by atoms with E-state index >= 15 is 0 Å². The number of hydrogen-bond acceptors (Lipinski definition) is 14. The molecule has 0 radical (unpaired) electrons. The molecule has 0 aliphatic rings. The first-order chi connectivity index (χ1) is 19.7. The van der Waals surface area contributed by atoms with Gasteiger partial charge in [0.05, 0.1) is 76.9 Å². The first-order valence-corrected chi connectivity index (χ1v) is 13.9. The summed E-state index contributed by atoms with van der Waals surface area (Å²) in [7, 11) is 3.21. The van der Waals surface area contributed by atoms with Crippen molar-refractivity contribution in [1.82, 2.24) is 0 Å². The smallest absolute Gasteiger partial charge is 0.550 e. The van der Waals surface area contributed by atoms with Gasteiger partial charge in [-0.05, 0) is 54.4 Å². The Bertz CT molecular complexity index is 678. The first kappa shape index (κ1) is 45.7. The van der Waals surface area contributed by atoms with Crippen LogP contribution in [0.4, 0.5) is 0 Å². The van der Waals surface area contributed by atoms with Crippen LogP contribution >= 0.6 is 0 Å². The van der Waals surface area contributed by atoms with Crippen molar-refractivity contribution in [2.45, 2.75) is 104 Å². The van der Waals surface area contributed by atoms with Crippen LogP contribution in [0, 0.1) is 0 Å². The Morgan fingerprint density at radius 1 is 0.465 bits per heavy atom. The van der Waals surface area contributed by atoms with Crippen LogP contribution in [0.1, 0.15) is 67.2 Å². The van der Waals surface area contributed by atoms with E-state index in [1.165, 1.54) is 0 Å².